The summed E-state index contributed by atoms with van der Waals surface area (Å²) in [5.74, 6) is -1.40. The predicted octanol–water partition coefficient (Wildman–Crippen LogP) is 2.80. The molecule has 0 unspecified atom stereocenters. The first-order valence-corrected chi connectivity index (χ1v) is 6.21. The Morgan fingerprint density at radius 3 is 2.25 bits per heavy atom. The number of Topliss-reactive ketones (excluding diaryl/α,β-unsaturated/α-hetero) is 2. The molecule has 4 heteroatoms. The van der Waals surface area contributed by atoms with Gasteiger partial charge in [-0.2, -0.15) is 0 Å². The molecule has 0 bridgehead atoms. The van der Waals surface area contributed by atoms with Crippen LogP contribution < -0.4 is 0 Å². The number of carbonyl (C=O) groups excluding carboxylic acids is 2. The Kier molecular flexibility index (Phi) is 3.66. The molecule has 0 saturated heterocycles. The van der Waals surface area contributed by atoms with Crippen molar-refractivity contribution in [1.29, 1.82) is 0 Å². The fraction of sp³-hybridized carbons (Fsp3) is 0.188. The Bertz CT molecular complexity index is 677. The van der Waals surface area contributed by atoms with E-state index in [9.17, 15) is 14.4 Å². The standard InChI is InChI=1S/C16H14O4/c1-9(16(19)20)7-8-11-10(2)14(17)12-5-3-4-6-13(12)15(11)18/h3-7H,8H2,1-2H3,(H,19,20)/b9-7+. The minimum absolute atomic E-state index is 0.156. The number of ketones is 2. The third-order valence-corrected chi connectivity index (χ3v) is 3.43. The van der Waals surface area contributed by atoms with Gasteiger partial charge in [0.05, 0.1) is 0 Å². The molecule has 0 radical (unpaired) electrons. The van der Waals surface area contributed by atoms with Gasteiger partial charge in [0.25, 0.3) is 0 Å². The van der Waals surface area contributed by atoms with E-state index in [0.717, 1.165) is 0 Å². The van der Waals surface area contributed by atoms with E-state index in [1.54, 1.807) is 31.2 Å². The van der Waals surface area contributed by atoms with Gasteiger partial charge in [-0.1, -0.05) is 30.3 Å². The molecule has 0 amide bonds. The monoisotopic (exact) mass is 270 g/mol. The van der Waals surface area contributed by atoms with Crippen LogP contribution in [0.25, 0.3) is 0 Å². The average molecular weight is 270 g/mol. The third kappa shape index (κ3) is 2.32. The summed E-state index contributed by atoms with van der Waals surface area (Å²) >= 11 is 0. The lowest BCUT2D eigenvalue weighted by Crippen LogP contribution is -2.20. The van der Waals surface area contributed by atoms with Crippen molar-refractivity contribution in [2.45, 2.75) is 20.3 Å². The fourth-order valence-electron chi connectivity index (χ4n) is 2.14. The van der Waals surface area contributed by atoms with E-state index in [2.05, 4.69) is 0 Å². The van der Waals surface area contributed by atoms with Crippen molar-refractivity contribution >= 4 is 17.5 Å². The second kappa shape index (κ2) is 5.25. The van der Waals surface area contributed by atoms with Crippen molar-refractivity contribution in [1.82, 2.24) is 0 Å². The number of benzene rings is 1. The second-order valence-corrected chi connectivity index (χ2v) is 4.70. The first kappa shape index (κ1) is 13.9. The molecule has 1 N–H and O–H groups in total. The highest BCUT2D eigenvalue weighted by Gasteiger charge is 2.28. The van der Waals surface area contributed by atoms with E-state index in [1.165, 1.54) is 13.0 Å². The summed E-state index contributed by atoms with van der Waals surface area (Å²) in [7, 11) is 0. The zero-order valence-electron chi connectivity index (χ0n) is 11.3. The Balaban J connectivity index is 2.42. The molecule has 0 aliphatic heterocycles. The number of carboxylic acids is 1. The average Bonchev–Trinajstić information content (AvgIpc) is 2.44. The van der Waals surface area contributed by atoms with Crippen LogP contribution in [0.5, 0.6) is 0 Å². The van der Waals surface area contributed by atoms with Crippen LogP contribution in [-0.4, -0.2) is 22.6 Å². The van der Waals surface area contributed by atoms with E-state index in [-0.39, 0.29) is 23.6 Å². The maximum absolute atomic E-state index is 12.4. The molecule has 4 nitrogen and oxygen atoms in total. The van der Waals surface area contributed by atoms with Gasteiger partial charge in [0, 0.05) is 27.8 Å². The molecule has 0 fully saturated rings. The summed E-state index contributed by atoms with van der Waals surface area (Å²) in [5, 5.41) is 8.82. The molecular formula is C16H14O4. The van der Waals surface area contributed by atoms with Crippen LogP contribution in [0.1, 0.15) is 41.0 Å². The first-order valence-electron chi connectivity index (χ1n) is 6.21. The van der Waals surface area contributed by atoms with Crippen LogP contribution in [0, 0.1) is 0 Å². The molecule has 1 aliphatic carbocycles. The van der Waals surface area contributed by atoms with Crippen molar-refractivity contribution in [3.8, 4) is 0 Å². The van der Waals surface area contributed by atoms with E-state index >= 15 is 0 Å². The van der Waals surface area contributed by atoms with Crippen LogP contribution in [0.2, 0.25) is 0 Å². The Morgan fingerprint density at radius 2 is 1.70 bits per heavy atom. The number of hydrogen-bond acceptors (Lipinski definition) is 3. The topological polar surface area (TPSA) is 71.4 Å². The lowest BCUT2D eigenvalue weighted by atomic mass is 9.83. The second-order valence-electron chi connectivity index (χ2n) is 4.70. The van der Waals surface area contributed by atoms with E-state index in [4.69, 9.17) is 5.11 Å². The SMILES string of the molecule is CC1=C(C/C=C(\C)C(=O)O)C(=O)c2ccccc2C1=O. The Hall–Kier alpha value is -2.49. The van der Waals surface area contributed by atoms with Gasteiger partial charge in [0.2, 0.25) is 0 Å². The van der Waals surface area contributed by atoms with Crippen LogP contribution in [0.15, 0.2) is 47.1 Å². The fourth-order valence-corrected chi connectivity index (χ4v) is 2.14. The summed E-state index contributed by atoms with van der Waals surface area (Å²) in [6.07, 6.45) is 1.61. The van der Waals surface area contributed by atoms with Gasteiger partial charge in [-0.3, -0.25) is 9.59 Å². The van der Waals surface area contributed by atoms with Gasteiger partial charge in [-0.25, -0.2) is 4.79 Å². The summed E-state index contributed by atoms with van der Waals surface area (Å²) in [5.41, 5.74) is 1.72. The molecule has 0 saturated carbocycles. The highest BCUT2D eigenvalue weighted by atomic mass is 16.4. The number of allylic oxidation sites excluding steroid dienone is 3. The van der Waals surface area contributed by atoms with Crippen LogP contribution in [-0.2, 0) is 4.79 Å². The molecular weight excluding hydrogens is 256 g/mol. The van der Waals surface area contributed by atoms with E-state index in [0.29, 0.717) is 22.3 Å². The first-order chi connectivity index (χ1) is 9.43. The van der Waals surface area contributed by atoms with Gasteiger partial charge < -0.3 is 5.11 Å². The quantitative estimate of drug-likeness (QED) is 0.857. The molecule has 102 valence electrons. The number of hydrogen-bond donors (Lipinski definition) is 1. The maximum Gasteiger partial charge on any atom is 0.330 e. The Labute approximate surface area is 116 Å². The number of rotatable bonds is 3. The molecule has 0 spiro atoms. The minimum atomic E-state index is -1.03. The lowest BCUT2D eigenvalue weighted by Gasteiger charge is -2.18. The summed E-state index contributed by atoms with van der Waals surface area (Å²) in [6, 6.07) is 6.68. The number of fused-ring (bicyclic) bond motifs is 1. The molecule has 1 aromatic rings. The van der Waals surface area contributed by atoms with Crippen molar-refractivity contribution in [2.24, 2.45) is 0 Å². The summed E-state index contributed by atoms with van der Waals surface area (Å²) < 4.78 is 0. The van der Waals surface area contributed by atoms with Gasteiger partial charge >= 0.3 is 5.97 Å². The van der Waals surface area contributed by atoms with Crippen molar-refractivity contribution in [3.63, 3.8) is 0 Å². The lowest BCUT2D eigenvalue weighted by molar-refractivity contribution is -0.132. The normalized spacial score (nSPS) is 15.4. The highest BCUT2D eigenvalue weighted by molar-refractivity contribution is 6.26. The van der Waals surface area contributed by atoms with Crippen LogP contribution >= 0.6 is 0 Å². The van der Waals surface area contributed by atoms with Gasteiger partial charge in [0.15, 0.2) is 11.6 Å². The molecule has 0 atom stereocenters. The van der Waals surface area contributed by atoms with Crippen molar-refractivity contribution in [3.05, 3.63) is 58.2 Å². The third-order valence-electron chi connectivity index (χ3n) is 3.43. The van der Waals surface area contributed by atoms with Crippen LogP contribution in [0.4, 0.5) is 0 Å². The predicted molar refractivity (Wildman–Crippen MR) is 73.8 cm³/mol. The van der Waals surface area contributed by atoms with Crippen molar-refractivity contribution < 1.29 is 19.5 Å². The largest absolute Gasteiger partial charge is 0.478 e. The molecule has 20 heavy (non-hydrogen) atoms. The van der Waals surface area contributed by atoms with Gasteiger partial charge in [0.1, 0.15) is 0 Å². The number of aliphatic carboxylic acids is 1. The molecule has 0 aromatic heterocycles. The zero-order chi connectivity index (χ0) is 14.9. The maximum atomic E-state index is 12.4. The number of carbonyl (C=O) groups is 3. The molecule has 1 aromatic carbocycles. The van der Waals surface area contributed by atoms with Gasteiger partial charge in [-0.15, -0.1) is 0 Å². The molecule has 2 rings (SSSR count). The smallest absolute Gasteiger partial charge is 0.330 e. The minimum Gasteiger partial charge on any atom is -0.478 e. The Morgan fingerprint density at radius 1 is 1.15 bits per heavy atom. The van der Waals surface area contributed by atoms with Crippen LogP contribution in [0.3, 0.4) is 0 Å². The van der Waals surface area contributed by atoms with Crippen molar-refractivity contribution in [2.75, 3.05) is 0 Å². The summed E-state index contributed by atoms with van der Waals surface area (Å²) in [6.45, 7) is 3.07. The molecule has 0 heterocycles. The zero-order valence-corrected chi connectivity index (χ0v) is 11.3. The summed E-state index contributed by atoms with van der Waals surface area (Å²) in [4.78, 5) is 35.3. The van der Waals surface area contributed by atoms with E-state index in [1.807, 2.05) is 0 Å². The van der Waals surface area contributed by atoms with Gasteiger partial charge in [-0.05, 0) is 20.3 Å². The number of carboxylic acid groups (broad SMARTS) is 1. The van der Waals surface area contributed by atoms with E-state index < -0.39 is 5.97 Å². The highest BCUT2D eigenvalue weighted by Crippen LogP contribution is 2.28. The molecule has 1 aliphatic rings.